The van der Waals surface area contributed by atoms with Gasteiger partial charge in [0, 0.05) is 33.3 Å². The first kappa shape index (κ1) is 37.3. The Kier molecular flexibility index (Phi) is 8.10. The third kappa shape index (κ3) is 5.25. The largest absolute Gasteiger partial charge is 0.310 e. The predicted molar refractivity (Wildman–Crippen MR) is 267 cm³/mol. The van der Waals surface area contributed by atoms with E-state index in [0.717, 1.165) is 25.7 Å². The van der Waals surface area contributed by atoms with Crippen molar-refractivity contribution in [2.45, 2.75) is 55.8 Å². The number of para-hydroxylation sites is 1. The Hall–Kier alpha value is -7.22. The second-order valence-electron chi connectivity index (χ2n) is 19.2. The van der Waals surface area contributed by atoms with E-state index >= 15 is 0 Å². The van der Waals surface area contributed by atoms with E-state index in [1.165, 1.54) is 106 Å². The van der Waals surface area contributed by atoms with E-state index in [4.69, 9.17) is 0 Å². The molecule has 0 atom stereocenters. The maximum absolute atomic E-state index is 2.57. The summed E-state index contributed by atoms with van der Waals surface area (Å²) < 4.78 is 0. The van der Waals surface area contributed by atoms with Crippen molar-refractivity contribution >= 4 is 17.1 Å². The Morgan fingerprint density at radius 3 is 1.45 bits per heavy atom. The molecule has 306 valence electrons. The van der Waals surface area contributed by atoms with Crippen LogP contribution in [0.2, 0.25) is 0 Å². The Balaban J connectivity index is 0.954. The third-order valence-corrected chi connectivity index (χ3v) is 15.9. The van der Waals surface area contributed by atoms with E-state index in [9.17, 15) is 0 Å². The van der Waals surface area contributed by atoms with E-state index in [1.54, 1.807) is 0 Å². The van der Waals surface area contributed by atoms with Crippen molar-refractivity contribution in [2.75, 3.05) is 4.90 Å². The Morgan fingerprint density at radius 2 is 0.766 bits per heavy atom. The summed E-state index contributed by atoms with van der Waals surface area (Å²) in [5, 5.41) is 0. The number of hydrogen-bond donors (Lipinski definition) is 0. The molecule has 1 heteroatoms. The number of benzene rings is 9. The van der Waals surface area contributed by atoms with Gasteiger partial charge in [-0.1, -0.05) is 184 Å². The van der Waals surface area contributed by atoms with E-state index in [1.807, 2.05) is 0 Å². The molecule has 0 heterocycles. The lowest BCUT2D eigenvalue weighted by Crippen LogP contribution is -2.39. The highest BCUT2D eigenvalue weighted by molar-refractivity contribution is 5.95. The topological polar surface area (TPSA) is 3.24 Å². The van der Waals surface area contributed by atoms with Gasteiger partial charge in [0.1, 0.15) is 0 Å². The molecule has 9 aromatic carbocycles. The molecule has 4 aliphatic carbocycles. The average molecular weight is 820 g/mol. The van der Waals surface area contributed by atoms with Gasteiger partial charge in [0.05, 0.1) is 0 Å². The molecule has 0 N–H and O–H groups in total. The first-order chi connectivity index (χ1) is 31.4. The van der Waals surface area contributed by atoms with Crippen LogP contribution in [-0.2, 0) is 16.2 Å². The summed E-state index contributed by atoms with van der Waals surface area (Å²) in [5.41, 5.74) is 25.6. The van der Waals surface area contributed by atoms with Gasteiger partial charge in [0.25, 0.3) is 0 Å². The molecule has 0 aliphatic heterocycles. The molecule has 0 amide bonds. The summed E-state index contributed by atoms with van der Waals surface area (Å²) in [6, 6.07) is 80.3. The van der Waals surface area contributed by atoms with Gasteiger partial charge in [0.2, 0.25) is 0 Å². The molecular weight excluding hydrogens is 771 g/mol. The van der Waals surface area contributed by atoms with Crippen LogP contribution >= 0.6 is 0 Å². The number of rotatable bonds is 5. The van der Waals surface area contributed by atoms with Crippen LogP contribution in [0.3, 0.4) is 0 Å². The first-order valence-corrected chi connectivity index (χ1v) is 23.2. The zero-order valence-electron chi connectivity index (χ0n) is 36.5. The molecule has 1 fully saturated rings. The molecule has 1 saturated carbocycles. The Labute approximate surface area is 377 Å². The van der Waals surface area contributed by atoms with E-state index in [0.29, 0.717) is 0 Å². The molecule has 0 radical (unpaired) electrons. The summed E-state index contributed by atoms with van der Waals surface area (Å²) in [6.45, 7) is 4.76. The zero-order chi connectivity index (χ0) is 42.6. The normalized spacial score (nSPS) is 19.1. The summed E-state index contributed by atoms with van der Waals surface area (Å²) in [6.07, 6.45) is 4.29. The standard InChI is InChI=1S/C63H49N/c1-61(2)54-26-14-12-23-49(54)51-33-30-46(40-57(51)61)64(45-21-10-5-11-22-45)47-31-34-52-50-24-13-15-27-55(50)62(59(52)41-47)35-37-63(38-36-62)56-28-16-25-48(43-19-8-4-9-20-43)60(56)53-32-29-44(39-58(53)63)42-17-6-3-7-18-42/h3-34,39-41H,35-38H2,1-2H3. The molecule has 2 spiro atoms. The number of nitrogens with zero attached hydrogens (tertiary/aromatic N) is 1. The van der Waals surface area contributed by atoms with Crippen LogP contribution in [0.5, 0.6) is 0 Å². The first-order valence-electron chi connectivity index (χ1n) is 23.2. The molecule has 9 aromatic rings. The minimum Gasteiger partial charge on any atom is -0.310 e. The van der Waals surface area contributed by atoms with Crippen LogP contribution in [0.25, 0.3) is 55.6 Å². The minimum atomic E-state index is -0.103. The van der Waals surface area contributed by atoms with Crippen molar-refractivity contribution in [1.82, 2.24) is 0 Å². The highest BCUT2D eigenvalue weighted by atomic mass is 15.1. The summed E-state index contributed by atoms with van der Waals surface area (Å²) in [4.78, 5) is 2.50. The lowest BCUT2D eigenvalue weighted by molar-refractivity contribution is 0.265. The molecule has 0 aromatic heterocycles. The number of fused-ring (bicyclic) bond motifs is 13. The third-order valence-electron chi connectivity index (χ3n) is 15.9. The SMILES string of the molecule is CC1(C)c2ccccc2-c2ccc(N(c3ccccc3)c3ccc4c(c3)C3(CCC5(CC3)c3cc(-c6ccccc6)ccc3-c3c(-c6ccccc6)cccc35)c3ccccc3-4)cc21. The monoisotopic (exact) mass is 819 g/mol. The van der Waals surface area contributed by atoms with Crippen LogP contribution < -0.4 is 4.90 Å². The maximum Gasteiger partial charge on any atom is 0.0465 e. The highest BCUT2D eigenvalue weighted by Gasteiger charge is 2.53. The van der Waals surface area contributed by atoms with E-state index in [-0.39, 0.29) is 16.2 Å². The molecule has 0 saturated heterocycles. The van der Waals surface area contributed by atoms with Gasteiger partial charge in [-0.2, -0.15) is 0 Å². The summed E-state index contributed by atoms with van der Waals surface area (Å²) in [5.74, 6) is 0. The summed E-state index contributed by atoms with van der Waals surface area (Å²) in [7, 11) is 0. The maximum atomic E-state index is 2.57. The van der Waals surface area contributed by atoms with Crippen molar-refractivity contribution in [3.8, 4) is 55.6 Å². The molecule has 4 aliphatic rings. The second kappa shape index (κ2) is 13.9. The predicted octanol–water partition coefficient (Wildman–Crippen LogP) is 16.6. The fourth-order valence-corrected chi connectivity index (χ4v) is 12.8. The highest BCUT2D eigenvalue weighted by Crippen LogP contribution is 2.65. The fraction of sp³-hybridized carbons (Fsp3) is 0.143. The van der Waals surface area contributed by atoms with Crippen molar-refractivity contribution in [2.24, 2.45) is 0 Å². The smallest absolute Gasteiger partial charge is 0.0465 e. The van der Waals surface area contributed by atoms with Gasteiger partial charge in [0.15, 0.2) is 0 Å². The van der Waals surface area contributed by atoms with Crippen molar-refractivity contribution in [3.63, 3.8) is 0 Å². The molecule has 13 rings (SSSR count). The fourth-order valence-electron chi connectivity index (χ4n) is 12.8. The van der Waals surface area contributed by atoms with Crippen LogP contribution in [0, 0.1) is 0 Å². The number of anilines is 3. The van der Waals surface area contributed by atoms with Crippen molar-refractivity contribution < 1.29 is 0 Å². The minimum absolute atomic E-state index is 0.0901. The summed E-state index contributed by atoms with van der Waals surface area (Å²) >= 11 is 0. The zero-order valence-corrected chi connectivity index (χ0v) is 36.5. The molecule has 1 nitrogen and oxygen atoms in total. The van der Waals surface area contributed by atoms with Crippen LogP contribution in [0.1, 0.15) is 72.9 Å². The van der Waals surface area contributed by atoms with Gasteiger partial charge in [-0.25, -0.2) is 0 Å². The lowest BCUT2D eigenvalue weighted by Gasteiger charge is -2.46. The van der Waals surface area contributed by atoms with Gasteiger partial charge < -0.3 is 4.90 Å². The van der Waals surface area contributed by atoms with Crippen LogP contribution in [-0.4, -0.2) is 0 Å². The Bertz CT molecular complexity index is 3290. The van der Waals surface area contributed by atoms with Crippen LogP contribution in [0.15, 0.2) is 212 Å². The molecule has 0 unspecified atom stereocenters. The van der Waals surface area contributed by atoms with Gasteiger partial charge in [-0.15, -0.1) is 0 Å². The quantitative estimate of drug-likeness (QED) is 0.167. The lowest BCUT2D eigenvalue weighted by atomic mass is 9.57. The Morgan fingerprint density at radius 1 is 0.297 bits per heavy atom. The van der Waals surface area contributed by atoms with E-state index < -0.39 is 0 Å². The van der Waals surface area contributed by atoms with Gasteiger partial charge in [-0.05, 0) is 157 Å². The van der Waals surface area contributed by atoms with Gasteiger partial charge >= 0.3 is 0 Å². The van der Waals surface area contributed by atoms with Gasteiger partial charge in [-0.3, -0.25) is 0 Å². The van der Waals surface area contributed by atoms with E-state index in [2.05, 4.69) is 231 Å². The molecular formula is C63H49N. The average Bonchev–Trinajstić information content (AvgIpc) is 3.88. The van der Waals surface area contributed by atoms with Crippen molar-refractivity contribution in [3.05, 3.63) is 246 Å². The molecule has 64 heavy (non-hydrogen) atoms. The van der Waals surface area contributed by atoms with Crippen LogP contribution in [0.4, 0.5) is 17.1 Å². The number of hydrogen-bond acceptors (Lipinski definition) is 1. The molecule has 0 bridgehead atoms. The second-order valence-corrected chi connectivity index (χ2v) is 19.2. The van der Waals surface area contributed by atoms with Crippen molar-refractivity contribution in [1.29, 1.82) is 0 Å².